The fourth-order valence-electron chi connectivity index (χ4n) is 4.75. The molecular weight excluding hydrogens is 416 g/mol. The van der Waals surface area contributed by atoms with Crippen LogP contribution in [-0.4, -0.2) is 70.0 Å². The number of aliphatic hydroxyl groups is 1. The van der Waals surface area contributed by atoms with Crippen LogP contribution in [0.3, 0.4) is 0 Å². The van der Waals surface area contributed by atoms with Gasteiger partial charge in [-0.2, -0.15) is 0 Å². The van der Waals surface area contributed by atoms with E-state index in [9.17, 15) is 9.90 Å². The zero-order valence-electron chi connectivity index (χ0n) is 20.2. The van der Waals surface area contributed by atoms with Gasteiger partial charge in [-0.05, 0) is 57.5 Å². The Hall–Kier alpha value is -2.90. The molecule has 2 aromatic heterocycles. The topological polar surface area (TPSA) is 70.8 Å². The van der Waals surface area contributed by atoms with E-state index in [-0.39, 0.29) is 5.97 Å². The number of aromatic nitrogens is 2. The summed E-state index contributed by atoms with van der Waals surface area (Å²) in [7, 11) is 1.39. The van der Waals surface area contributed by atoms with Crippen molar-refractivity contribution >= 4 is 22.7 Å². The molecule has 2 atom stereocenters. The molecule has 0 amide bonds. The van der Waals surface area contributed by atoms with Gasteiger partial charge >= 0.3 is 5.97 Å². The van der Waals surface area contributed by atoms with Crippen molar-refractivity contribution in [2.45, 2.75) is 51.9 Å². The van der Waals surface area contributed by atoms with Crippen LogP contribution in [0.15, 0.2) is 48.8 Å². The van der Waals surface area contributed by atoms with Crippen LogP contribution in [0.2, 0.25) is 0 Å². The van der Waals surface area contributed by atoms with E-state index in [1.807, 2.05) is 32.2 Å². The summed E-state index contributed by atoms with van der Waals surface area (Å²) in [5.74, 6) is -0.327. The van der Waals surface area contributed by atoms with Crippen molar-refractivity contribution in [2.75, 3.05) is 31.6 Å². The van der Waals surface area contributed by atoms with Gasteiger partial charge in [0.15, 0.2) is 0 Å². The van der Waals surface area contributed by atoms with Crippen LogP contribution in [0.25, 0.3) is 11.0 Å². The number of carbonyl (C=O) groups is 1. The lowest BCUT2D eigenvalue weighted by Crippen LogP contribution is -2.59. The van der Waals surface area contributed by atoms with Crippen LogP contribution in [0.5, 0.6) is 0 Å². The molecular formula is C26H34N4O3. The average Bonchev–Trinajstić information content (AvgIpc) is 3.17. The van der Waals surface area contributed by atoms with Crippen LogP contribution in [0, 0.1) is 0 Å². The van der Waals surface area contributed by atoms with Crippen molar-refractivity contribution in [1.29, 1.82) is 0 Å². The predicted molar refractivity (Wildman–Crippen MR) is 131 cm³/mol. The predicted octanol–water partition coefficient (Wildman–Crippen LogP) is 3.54. The van der Waals surface area contributed by atoms with E-state index < -0.39 is 5.60 Å². The summed E-state index contributed by atoms with van der Waals surface area (Å²) < 4.78 is 6.89. The normalized spacial score (nSPS) is 19.8. The van der Waals surface area contributed by atoms with E-state index in [0.29, 0.717) is 30.7 Å². The number of fused-ring (bicyclic) bond motifs is 1. The zero-order chi connectivity index (χ0) is 23.8. The Labute approximate surface area is 195 Å². The van der Waals surface area contributed by atoms with Gasteiger partial charge in [0.1, 0.15) is 5.65 Å². The lowest BCUT2D eigenvalue weighted by Gasteiger charge is -2.47. The molecule has 0 bridgehead atoms. The Morgan fingerprint density at radius 1 is 1.15 bits per heavy atom. The number of piperazine rings is 1. The van der Waals surface area contributed by atoms with Crippen LogP contribution < -0.4 is 4.90 Å². The number of nitrogens with zero attached hydrogens (tertiary/aromatic N) is 4. The van der Waals surface area contributed by atoms with Gasteiger partial charge in [0.2, 0.25) is 0 Å². The van der Waals surface area contributed by atoms with Crippen molar-refractivity contribution < 1.29 is 14.6 Å². The van der Waals surface area contributed by atoms with Gasteiger partial charge in [-0.3, -0.25) is 4.90 Å². The van der Waals surface area contributed by atoms with Gasteiger partial charge in [0.05, 0.1) is 30.2 Å². The number of anilines is 1. The minimum atomic E-state index is -0.701. The molecule has 1 aliphatic rings. The molecule has 0 aliphatic carbocycles. The van der Waals surface area contributed by atoms with E-state index in [1.54, 1.807) is 12.1 Å². The van der Waals surface area contributed by atoms with Gasteiger partial charge in [-0.25, -0.2) is 9.78 Å². The standard InChI is InChI=1S/C26H34N4O3/c1-18-14-29(15-19(2)30(18)17-26(3,4)32)23-12-22-10-11-28(24(22)27-13-23)16-20-6-8-21(9-7-20)25(31)33-5/h6-13,18-19,32H,14-17H2,1-5H3/t18-,19+. The molecule has 33 heavy (non-hydrogen) atoms. The van der Waals surface area contributed by atoms with Crippen LogP contribution in [0.4, 0.5) is 5.69 Å². The first-order valence-electron chi connectivity index (χ1n) is 11.5. The Morgan fingerprint density at radius 2 is 1.82 bits per heavy atom. The van der Waals surface area contributed by atoms with Crippen LogP contribution in [-0.2, 0) is 11.3 Å². The number of esters is 1. The van der Waals surface area contributed by atoms with E-state index in [1.165, 1.54) is 7.11 Å². The molecule has 7 nitrogen and oxygen atoms in total. The highest BCUT2D eigenvalue weighted by Crippen LogP contribution is 2.26. The van der Waals surface area contributed by atoms with Crippen molar-refractivity contribution in [1.82, 2.24) is 14.5 Å². The first kappa shape index (κ1) is 23.3. The second kappa shape index (κ2) is 9.15. The highest BCUT2D eigenvalue weighted by molar-refractivity contribution is 5.89. The summed E-state index contributed by atoms with van der Waals surface area (Å²) in [5, 5.41) is 11.4. The molecule has 0 saturated carbocycles. The smallest absolute Gasteiger partial charge is 0.337 e. The third-order valence-corrected chi connectivity index (χ3v) is 6.35. The maximum atomic E-state index is 11.6. The maximum absolute atomic E-state index is 11.6. The summed E-state index contributed by atoms with van der Waals surface area (Å²) in [6.07, 6.45) is 4.02. The molecule has 1 aliphatic heterocycles. The SMILES string of the molecule is COC(=O)c1ccc(Cn2ccc3cc(N4C[C@@H](C)N(CC(C)(C)O)[C@@H](C)C4)cnc32)cc1. The fraction of sp³-hybridized carbons (Fsp3) is 0.462. The third-order valence-electron chi connectivity index (χ3n) is 6.35. The third kappa shape index (κ3) is 5.20. The quantitative estimate of drug-likeness (QED) is 0.580. The van der Waals surface area contributed by atoms with Gasteiger partial charge in [0.25, 0.3) is 0 Å². The van der Waals surface area contributed by atoms with Crippen molar-refractivity contribution in [3.63, 3.8) is 0 Å². The lowest BCUT2D eigenvalue weighted by atomic mass is 10.0. The van der Waals surface area contributed by atoms with Gasteiger partial charge in [-0.15, -0.1) is 0 Å². The largest absolute Gasteiger partial charge is 0.465 e. The van der Waals surface area contributed by atoms with Crippen molar-refractivity contribution in [3.8, 4) is 0 Å². The molecule has 0 unspecified atom stereocenters. The Bertz CT molecular complexity index is 1100. The molecule has 0 spiro atoms. The van der Waals surface area contributed by atoms with Crippen molar-refractivity contribution in [2.24, 2.45) is 0 Å². The summed E-state index contributed by atoms with van der Waals surface area (Å²) in [4.78, 5) is 21.2. The minimum Gasteiger partial charge on any atom is -0.465 e. The molecule has 3 aromatic rings. The number of pyridine rings is 1. The van der Waals surface area contributed by atoms with Crippen molar-refractivity contribution in [3.05, 3.63) is 59.9 Å². The molecule has 1 saturated heterocycles. The average molecular weight is 451 g/mol. The lowest BCUT2D eigenvalue weighted by molar-refractivity contribution is 0.00247. The molecule has 3 heterocycles. The van der Waals surface area contributed by atoms with E-state index in [0.717, 1.165) is 35.4 Å². The molecule has 176 valence electrons. The number of hydrogen-bond donors (Lipinski definition) is 1. The van der Waals surface area contributed by atoms with Crippen LogP contribution >= 0.6 is 0 Å². The molecule has 0 radical (unpaired) electrons. The highest BCUT2D eigenvalue weighted by atomic mass is 16.5. The van der Waals surface area contributed by atoms with Gasteiger partial charge in [0, 0.05) is 49.8 Å². The number of methoxy groups -OCH3 is 1. The summed E-state index contributed by atoms with van der Waals surface area (Å²) in [6, 6.07) is 12.5. The first-order chi connectivity index (χ1) is 15.6. The Morgan fingerprint density at radius 3 is 2.42 bits per heavy atom. The second-order valence-electron chi connectivity index (χ2n) is 9.83. The number of benzene rings is 1. The second-order valence-corrected chi connectivity index (χ2v) is 9.83. The molecule has 1 N–H and O–H groups in total. The summed E-state index contributed by atoms with van der Waals surface area (Å²) in [6.45, 7) is 11.3. The fourth-order valence-corrected chi connectivity index (χ4v) is 4.75. The highest BCUT2D eigenvalue weighted by Gasteiger charge is 2.32. The molecule has 1 fully saturated rings. The maximum Gasteiger partial charge on any atom is 0.337 e. The minimum absolute atomic E-state index is 0.327. The summed E-state index contributed by atoms with van der Waals surface area (Å²) >= 11 is 0. The number of carbonyl (C=O) groups excluding carboxylic acids is 1. The summed E-state index contributed by atoms with van der Waals surface area (Å²) in [5.41, 5.74) is 3.01. The molecule has 7 heteroatoms. The van der Waals surface area contributed by atoms with Gasteiger partial charge in [-0.1, -0.05) is 12.1 Å². The number of β-amino-alcohol motifs (C(OH)–C–C–N with tert-alkyl or cyclic N) is 1. The zero-order valence-corrected chi connectivity index (χ0v) is 20.2. The number of hydrogen-bond acceptors (Lipinski definition) is 6. The van der Waals surface area contributed by atoms with E-state index >= 15 is 0 Å². The van der Waals surface area contributed by atoms with Crippen LogP contribution in [0.1, 0.15) is 43.6 Å². The monoisotopic (exact) mass is 450 g/mol. The van der Waals surface area contributed by atoms with E-state index in [4.69, 9.17) is 9.72 Å². The number of rotatable bonds is 6. The van der Waals surface area contributed by atoms with E-state index in [2.05, 4.69) is 46.5 Å². The van der Waals surface area contributed by atoms with Gasteiger partial charge < -0.3 is 19.3 Å². The Kier molecular flexibility index (Phi) is 6.45. The molecule has 1 aromatic carbocycles. The Balaban J connectivity index is 1.48. The number of ether oxygens (including phenoxy) is 1. The first-order valence-corrected chi connectivity index (χ1v) is 11.5. The molecule has 4 rings (SSSR count).